The van der Waals surface area contributed by atoms with Crippen molar-refractivity contribution in [2.45, 2.75) is 71.9 Å². The lowest BCUT2D eigenvalue weighted by Crippen LogP contribution is -2.51. The summed E-state index contributed by atoms with van der Waals surface area (Å²) in [6.07, 6.45) is 5.34. The van der Waals surface area contributed by atoms with Gasteiger partial charge in [0, 0.05) is 19.1 Å². The maximum absolute atomic E-state index is 6.09. The van der Waals surface area contributed by atoms with Crippen molar-refractivity contribution in [3.05, 3.63) is 0 Å². The summed E-state index contributed by atoms with van der Waals surface area (Å²) in [6, 6.07) is 0.719. The molecule has 0 N–H and O–H groups in total. The number of ether oxygens (including phenoxy) is 1. The molecule has 0 aromatic carbocycles. The highest BCUT2D eigenvalue weighted by Gasteiger charge is 2.32. The lowest BCUT2D eigenvalue weighted by atomic mass is 9.90. The third kappa shape index (κ3) is 5.50. The fourth-order valence-electron chi connectivity index (χ4n) is 4.32. The minimum Gasteiger partial charge on any atom is -0.373 e. The van der Waals surface area contributed by atoms with Crippen molar-refractivity contribution in [2.24, 2.45) is 11.8 Å². The van der Waals surface area contributed by atoms with Crippen molar-refractivity contribution in [3.63, 3.8) is 0 Å². The van der Waals surface area contributed by atoms with E-state index in [1.54, 1.807) is 0 Å². The predicted molar refractivity (Wildman–Crippen MR) is 94.3 cm³/mol. The van der Waals surface area contributed by atoms with Gasteiger partial charge in [-0.05, 0) is 77.9 Å². The number of hydrogen-bond donors (Lipinski definition) is 0. The standard InChI is InChI=1S/C19H38N2O/c1-16(2)14-19(5)15-20(12-13-22-19)9-6-18-7-10-21(11-8-18)17(3)4/h16-18H,6-15H2,1-5H3. The SMILES string of the molecule is CC(C)CC1(C)CN(CCC2CCN(C(C)C)CC2)CCO1. The molecule has 0 aliphatic carbocycles. The van der Waals surface area contributed by atoms with Crippen LogP contribution in [-0.4, -0.2) is 60.8 Å². The maximum Gasteiger partial charge on any atom is 0.0783 e. The molecule has 2 saturated heterocycles. The molecular formula is C19H38N2O. The number of rotatable bonds is 6. The third-order valence-electron chi connectivity index (χ3n) is 5.49. The lowest BCUT2D eigenvalue weighted by Gasteiger charge is -2.42. The molecule has 0 aromatic heterocycles. The molecule has 2 fully saturated rings. The first kappa shape index (κ1) is 18.2. The van der Waals surface area contributed by atoms with Crippen LogP contribution in [0, 0.1) is 11.8 Å². The summed E-state index contributed by atoms with van der Waals surface area (Å²) in [5, 5.41) is 0. The van der Waals surface area contributed by atoms with Crippen LogP contribution in [0.15, 0.2) is 0 Å². The van der Waals surface area contributed by atoms with E-state index in [0.29, 0.717) is 5.92 Å². The van der Waals surface area contributed by atoms with Crippen LogP contribution in [0.1, 0.15) is 60.3 Å². The average molecular weight is 311 g/mol. The number of piperidine rings is 1. The smallest absolute Gasteiger partial charge is 0.0783 e. The lowest BCUT2D eigenvalue weighted by molar-refractivity contribution is -0.108. The quantitative estimate of drug-likeness (QED) is 0.745. The summed E-state index contributed by atoms with van der Waals surface area (Å²) in [4.78, 5) is 5.28. The van der Waals surface area contributed by atoms with Crippen LogP contribution in [0.3, 0.4) is 0 Å². The molecule has 2 aliphatic rings. The van der Waals surface area contributed by atoms with E-state index in [1.807, 2.05) is 0 Å². The second-order valence-corrected chi connectivity index (χ2v) is 8.53. The Morgan fingerprint density at radius 2 is 1.77 bits per heavy atom. The monoisotopic (exact) mass is 310 g/mol. The number of hydrogen-bond acceptors (Lipinski definition) is 3. The van der Waals surface area contributed by atoms with Gasteiger partial charge in [0.2, 0.25) is 0 Å². The molecule has 1 atom stereocenters. The van der Waals surface area contributed by atoms with Crippen molar-refractivity contribution in [1.82, 2.24) is 9.80 Å². The molecule has 3 nitrogen and oxygen atoms in total. The van der Waals surface area contributed by atoms with Gasteiger partial charge >= 0.3 is 0 Å². The molecule has 0 radical (unpaired) electrons. The van der Waals surface area contributed by atoms with Gasteiger partial charge in [-0.15, -0.1) is 0 Å². The molecule has 0 spiro atoms. The Morgan fingerprint density at radius 3 is 2.36 bits per heavy atom. The van der Waals surface area contributed by atoms with Gasteiger partial charge in [0.25, 0.3) is 0 Å². The van der Waals surface area contributed by atoms with Gasteiger partial charge in [-0.25, -0.2) is 0 Å². The van der Waals surface area contributed by atoms with E-state index < -0.39 is 0 Å². The van der Waals surface area contributed by atoms with Crippen LogP contribution < -0.4 is 0 Å². The third-order valence-corrected chi connectivity index (χ3v) is 5.49. The van der Waals surface area contributed by atoms with E-state index in [-0.39, 0.29) is 5.60 Å². The maximum atomic E-state index is 6.09. The topological polar surface area (TPSA) is 15.7 Å². The zero-order chi connectivity index (χ0) is 16.2. The minimum absolute atomic E-state index is 0.0768. The van der Waals surface area contributed by atoms with Crippen molar-refractivity contribution in [2.75, 3.05) is 39.3 Å². The van der Waals surface area contributed by atoms with Crippen molar-refractivity contribution in [3.8, 4) is 0 Å². The van der Waals surface area contributed by atoms with Crippen LogP contribution >= 0.6 is 0 Å². The fourth-order valence-corrected chi connectivity index (χ4v) is 4.32. The zero-order valence-electron chi connectivity index (χ0n) is 15.6. The van der Waals surface area contributed by atoms with Crippen molar-refractivity contribution >= 4 is 0 Å². The van der Waals surface area contributed by atoms with Crippen LogP contribution in [0.4, 0.5) is 0 Å². The van der Waals surface area contributed by atoms with Crippen LogP contribution in [-0.2, 0) is 4.74 Å². The van der Waals surface area contributed by atoms with E-state index in [1.165, 1.54) is 45.3 Å². The van der Waals surface area contributed by atoms with Gasteiger partial charge in [-0.3, -0.25) is 4.90 Å². The van der Waals surface area contributed by atoms with Crippen molar-refractivity contribution < 1.29 is 4.74 Å². The molecule has 22 heavy (non-hydrogen) atoms. The minimum atomic E-state index is 0.0768. The zero-order valence-corrected chi connectivity index (χ0v) is 15.6. The number of nitrogens with zero attached hydrogens (tertiary/aromatic N) is 2. The first-order valence-corrected chi connectivity index (χ1v) is 9.48. The van der Waals surface area contributed by atoms with Gasteiger partial charge in [-0.2, -0.15) is 0 Å². The Balaban J connectivity index is 1.71. The Bertz CT molecular complexity index is 323. The molecule has 0 saturated carbocycles. The molecule has 130 valence electrons. The molecule has 2 rings (SSSR count). The second kappa shape index (κ2) is 8.12. The van der Waals surface area contributed by atoms with Crippen LogP contribution in [0.25, 0.3) is 0 Å². The van der Waals surface area contributed by atoms with Gasteiger partial charge in [0.1, 0.15) is 0 Å². The number of morpholine rings is 1. The Labute approximate surface area is 138 Å². The van der Waals surface area contributed by atoms with Gasteiger partial charge in [-0.1, -0.05) is 13.8 Å². The van der Waals surface area contributed by atoms with Crippen molar-refractivity contribution in [1.29, 1.82) is 0 Å². The predicted octanol–water partition coefficient (Wildman–Crippen LogP) is 3.63. The van der Waals surface area contributed by atoms with Gasteiger partial charge in [0.05, 0.1) is 12.2 Å². The van der Waals surface area contributed by atoms with Gasteiger partial charge in [0.15, 0.2) is 0 Å². The highest BCUT2D eigenvalue weighted by Crippen LogP contribution is 2.27. The van der Waals surface area contributed by atoms with Crippen LogP contribution in [0.2, 0.25) is 0 Å². The Kier molecular flexibility index (Phi) is 6.73. The first-order valence-electron chi connectivity index (χ1n) is 9.48. The van der Waals surface area contributed by atoms with Gasteiger partial charge < -0.3 is 9.64 Å². The highest BCUT2D eigenvalue weighted by molar-refractivity contribution is 4.85. The molecule has 2 aliphatic heterocycles. The Morgan fingerprint density at radius 1 is 1.09 bits per heavy atom. The molecule has 2 heterocycles. The molecule has 0 amide bonds. The van der Waals surface area contributed by atoms with E-state index in [4.69, 9.17) is 4.74 Å². The summed E-state index contributed by atoms with van der Waals surface area (Å²) in [5.41, 5.74) is 0.0768. The van der Waals surface area contributed by atoms with E-state index >= 15 is 0 Å². The molecule has 0 bridgehead atoms. The first-order chi connectivity index (χ1) is 10.4. The normalized spacial score (nSPS) is 29.6. The number of likely N-dealkylation sites (tertiary alicyclic amines) is 1. The summed E-state index contributed by atoms with van der Waals surface area (Å²) < 4.78 is 6.09. The molecule has 0 aromatic rings. The molecule has 1 unspecified atom stereocenters. The summed E-state index contributed by atoms with van der Waals surface area (Å²) in [5.74, 6) is 1.65. The summed E-state index contributed by atoms with van der Waals surface area (Å²) in [6.45, 7) is 18.6. The largest absolute Gasteiger partial charge is 0.373 e. The van der Waals surface area contributed by atoms with E-state index in [0.717, 1.165) is 31.7 Å². The van der Waals surface area contributed by atoms with E-state index in [2.05, 4.69) is 44.4 Å². The Hall–Kier alpha value is -0.120. The fraction of sp³-hybridized carbons (Fsp3) is 1.00. The summed E-state index contributed by atoms with van der Waals surface area (Å²) in [7, 11) is 0. The summed E-state index contributed by atoms with van der Waals surface area (Å²) >= 11 is 0. The van der Waals surface area contributed by atoms with Crippen LogP contribution in [0.5, 0.6) is 0 Å². The molecule has 3 heteroatoms. The average Bonchev–Trinajstić information content (AvgIpc) is 2.44. The molecular weight excluding hydrogens is 272 g/mol. The second-order valence-electron chi connectivity index (χ2n) is 8.53. The van der Waals surface area contributed by atoms with E-state index in [9.17, 15) is 0 Å². The highest BCUT2D eigenvalue weighted by atomic mass is 16.5.